The highest BCUT2D eigenvalue weighted by molar-refractivity contribution is 5.48. The van der Waals surface area contributed by atoms with Gasteiger partial charge in [-0.1, -0.05) is 64.1 Å². The van der Waals surface area contributed by atoms with Gasteiger partial charge in [-0.15, -0.1) is 0 Å². The van der Waals surface area contributed by atoms with Gasteiger partial charge in [0, 0.05) is 0 Å². The van der Waals surface area contributed by atoms with Gasteiger partial charge in [0.2, 0.25) is 0 Å². The lowest BCUT2D eigenvalue weighted by Gasteiger charge is -2.18. The smallest absolute Gasteiger partial charge is 0.0165 e. The molecule has 0 radical (unpaired) electrons. The number of hydrogen-bond acceptors (Lipinski definition) is 0. The van der Waals surface area contributed by atoms with Crippen LogP contribution in [0.25, 0.3) is 6.08 Å². The van der Waals surface area contributed by atoms with Crippen LogP contribution in [0.3, 0.4) is 0 Å². The van der Waals surface area contributed by atoms with E-state index in [-0.39, 0.29) is 0 Å². The fourth-order valence-corrected chi connectivity index (χ4v) is 1.65. The van der Waals surface area contributed by atoms with Crippen LogP contribution in [0.2, 0.25) is 0 Å². The van der Waals surface area contributed by atoms with Gasteiger partial charge in [-0.2, -0.15) is 0 Å². The Balaban J connectivity index is 2.89. The summed E-state index contributed by atoms with van der Waals surface area (Å²) in [7, 11) is 0. The van der Waals surface area contributed by atoms with Crippen molar-refractivity contribution in [2.45, 2.75) is 33.1 Å². The number of rotatable bonds is 4. The first-order chi connectivity index (χ1) is 6.69. The molecule has 2 atom stereocenters. The van der Waals surface area contributed by atoms with Crippen LogP contribution in [-0.2, 0) is 0 Å². The lowest BCUT2D eigenvalue weighted by molar-refractivity contribution is 0.473. The number of hydrogen-bond donors (Lipinski definition) is 0. The van der Waals surface area contributed by atoms with Gasteiger partial charge in [0.25, 0.3) is 0 Å². The Morgan fingerprint density at radius 2 is 2.07 bits per heavy atom. The van der Waals surface area contributed by atoms with E-state index in [1.807, 2.05) is 6.08 Å². The molecule has 1 aromatic carbocycles. The molecule has 0 aliphatic rings. The molecule has 0 aromatic heterocycles. The summed E-state index contributed by atoms with van der Waals surface area (Å²) in [6.07, 6.45) is 3.15. The molecule has 0 fully saturated rings. The molecule has 0 heterocycles. The zero-order valence-electron chi connectivity index (χ0n) is 9.46. The van der Waals surface area contributed by atoms with Crippen molar-refractivity contribution in [3.8, 4) is 0 Å². The van der Waals surface area contributed by atoms with E-state index in [2.05, 4.69) is 51.6 Å². The second-order valence-electron chi connectivity index (χ2n) is 4.05. The van der Waals surface area contributed by atoms with Gasteiger partial charge < -0.3 is 0 Å². The minimum absolute atomic E-state index is 0.639. The normalized spacial score (nSPS) is 14.8. The van der Waals surface area contributed by atoms with E-state index in [1.54, 1.807) is 0 Å². The Hall–Kier alpha value is -1.04. The van der Waals surface area contributed by atoms with Gasteiger partial charge in [0.15, 0.2) is 0 Å². The van der Waals surface area contributed by atoms with Crippen LogP contribution in [0.4, 0.5) is 0 Å². The molecular weight excluding hydrogens is 168 g/mol. The SMILES string of the molecule is C=Cc1cccc(C(C)C(C)CC)c1. The molecule has 0 amide bonds. The van der Waals surface area contributed by atoms with Gasteiger partial charge in [-0.25, -0.2) is 0 Å². The molecule has 0 N–H and O–H groups in total. The quantitative estimate of drug-likeness (QED) is 0.653. The zero-order valence-corrected chi connectivity index (χ0v) is 9.46. The van der Waals surface area contributed by atoms with Gasteiger partial charge >= 0.3 is 0 Å². The molecule has 0 bridgehead atoms. The summed E-state index contributed by atoms with van der Waals surface area (Å²) < 4.78 is 0. The maximum atomic E-state index is 3.80. The maximum absolute atomic E-state index is 3.80. The van der Waals surface area contributed by atoms with Crippen molar-refractivity contribution >= 4 is 6.08 Å². The van der Waals surface area contributed by atoms with Crippen molar-refractivity contribution in [3.63, 3.8) is 0 Å². The second-order valence-corrected chi connectivity index (χ2v) is 4.05. The highest BCUT2D eigenvalue weighted by Crippen LogP contribution is 2.26. The highest BCUT2D eigenvalue weighted by Gasteiger charge is 2.11. The lowest BCUT2D eigenvalue weighted by Crippen LogP contribution is -2.04. The van der Waals surface area contributed by atoms with E-state index in [4.69, 9.17) is 0 Å². The van der Waals surface area contributed by atoms with Crippen LogP contribution in [0.1, 0.15) is 44.2 Å². The van der Waals surface area contributed by atoms with Gasteiger partial charge in [-0.3, -0.25) is 0 Å². The molecule has 0 saturated heterocycles. The third-order valence-electron chi connectivity index (χ3n) is 3.17. The molecule has 0 nitrogen and oxygen atoms in total. The topological polar surface area (TPSA) is 0 Å². The molecule has 0 heteroatoms. The van der Waals surface area contributed by atoms with Crippen LogP contribution in [0.15, 0.2) is 30.8 Å². The van der Waals surface area contributed by atoms with E-state index >= 15 is 0 Å². The second kappa shape index (κ2) is 4.99. The van der Waals surface area contributed by atoms with Crippen molar-refractivity contribution in [1.82, 2.24) is 0 Å². The van der Waals surface area contributed by atoms with E-state index < -0.39 is 0 Å². The van der Waals surface area contributed by atoms with Gasteiger partial charge in [0.1, 0.15) is 0 Å². The van der Waals surface area contributed by atoms with Crippen molar-refractivity contribution < 1.29 is 0 Å². The number of benzene rings is 1. The molecule has 76 valence electrons. The van der Waals surface area contributed by atoms with E-state index in [1.165, 1.54) is 17.5 Å². The summed E-state index contributed by atoms with van der Waals surface area (Å²) in [5.74, 6) is 1.38. The summed E-state index contributed by atoms with van der Waals surface area (Å²) >= 11 is 0. The van der Waals surface area contributed by atoms with Crippen molar-refractivity contribution in [2.24, 2.45) is 5.92 Å². The Labute approximate surface area is 87.7 Å². The fraction of sp³-hybridized carbons (Fsp3) is 0.429. The maximum Gasteiger partial charge on any atom is -0.0165 e. The largest absolute Gasteiger partial charge is 0.0985 e. The fourth-order valence-electron chi connectivity index (χ4n) is 1.65. The van der Waals surface area contributed by atoms with E-state index in [0.717, 1.165) is 5.92 Å². The van der Waals surface area contributed by atoms with Crippen LogP contribution in [-0.4, -0.2) is 0 Å². The van der Waals surface area contributed by atoms with Gasteiger partial charge in [0.05, 0.1) is 0 Å². The molecule has 0 aliphatic heterocycles. The Kier molecular flexibility index (Phi) is 3.94. The summed E-state index contributed by atoms with van der Waals surface area (Å²) in [5, 5.41) is 0. The summed E-state index contributed by atoms with van der Waals surface area (Å²) in [5.41, 5.74) is 2.65. The average Bonchev–Trinajstić information content (AvgIpc) is 2.27. The minimum atomic E-state index is 0.639. The van der Waals surface area contributed by atoms with Crippen molar-refractivity contribution in [1.29, 1.82) is 0 Å². The van der Waals surface area contributed by atoms with Crippen molar-refractivity contribution in [3.05, 3.63) is 42.0 Å². The first-order valence-electron chi connectivity index (χ1n) is 5.41. The van der Waals surface area contributed by atoms with E-state index in [0.29, 0.717) is 5.92 Å². The average molecular weight is 188 g/mol. The first-order valence-corrected chi connectivity index (χ1v) is 5.41. The molecule has 0 saturated carbocycles. The van der Waals surface area contributed by atoms with Crippen LogP contribution >= 0.6 is 0 Å². The van der Waals surface area contributed by atoms with Crippen LogP contribution in [0, 0.1) is 5.92 Å². The molecule has 2 unspecified atom stereocenters. The Morgan fingerprint density at radius 3 is 2.64 bits per heavy atom. The monoisotopic (exact) mass is 188 g/mol. The third-order valence-corrected chi connectivity index (χ3v) is 3.17. The predicted molar refractivity (Wildman–Crippen MR) is 64.4 cm³/mol. The molecule has 1 aromatic rings. The van der Waals surface area contributed by atoms with Crippen LogP contribution < -0.4 is 0 Å². The molecule has 0 aliphatic carbocycles. The molecule has 0 spiro atoms. The molecular formula is C14H20. The zero-order chi connectivity index (χ0) is 10.6. The van der Waals surface area contributed by atoms with Crippen molar-refractivity contribution in [2.75, 3.05) is 0 Å². The predicted octanol–water partition coefficient (Wildman–Crippen LogP) is 4.48. The van der Waals surface area contributed by atoms with Gasteiger partial charge in [-0.05, 0) is 23.0 Å². The molecule has 14 heavy (non-hydrogen) atoms. The van der Waals surface area contributed by atoms with E-state index in [9.17, 15) is 0 Å². The first kappa shape index (κ1) is 11.0. The lowest BCUT2D eigenvalue weighted by atomic mass is 9.87. The highest BCUT2D eigenvalue weighted by atomic mass is 14.2. The summed E-state index contributed by atoms with van der Waals surface area (Å²) in [6, 6.07) is 8.67. The third kappa shape index (κ3) is 2.47. The standard InChI is InChI=1S/C14H20/c1-5-11(3)12(4)14-9-7-8-13(6-2)10-14/h6-12H,2,5H2,1,3-4H3. The summed E-state index contributed by atoms with van der Waals surface area (Å²) in [4.78, 5) is 0. The minimum Gasteiger partial charge on any atom is -0.0985 e. The Bertz CT molecular complexity index is 299. The molecule has 1 rings (SSSR count). The van der Waals surface area contributed by atoms with Crippen LogP contribution in [0.5, 0.6) is 0 Å². The summed E-state index contributed by atoms with van der Waals surface area (Å²) in [6.45, 7) is 10.7. The Morgan fingerprint density at radius 1 is 1.36 bits per heavy atom.